The van der Waals surface area contributed by atoms with Crippen LogP contribution < -0.4 is 23.7 Å². The molecule has 0 radical (unpaired) electrons. The van der Waals surface area contributed by atoms with Gasteiger partial charge in [-0.3, -0.25) is 9.59 Å². The zero-order chi connectivity index (χ0) is 27.6. The van der Waals surface area contributed by atoms with Crippen molar-refractivity contribution in [2.75, 3.05) is 20.8 Å². The Hall–Kier alpha value is -4.98. The summed E-state index contributed by atoms with van der Waals surface area (Å²) in [5.74, 6) is 2.29. The van der Waals surface area contributed by atoms with E-state index in [9.17, 15) is 9.59 Å². The quantitative estimate of drug-likeness (QED) is 0.154. The highest BCUT2D eigenvalue weighted by atomic mass is 16.5. The summed E-state index contributed by atoms with van der Waals surface area (Å²) in [6.07, 6.45) is 3.87. The topological polar surface area (TPSA) is 93.4 Å². The van der Waals surface area contributed by atoms with Gasteiger partial charge in [0.15, 0.2) is 17.3 Å². The number of rotatable bonds is 8. The molecule has 8 heteroatoms. The SMILES string of the molecule is COc1ccc(CCOc2ccc([C@@H]3CC(=O)Oc4ccc5c(c43)O/C(=C\c3ccco3)C5=O)cc2OC)cc1. The Morgan fingerprint density at radius 1 is 0.925 bits per heavy atom. The molecule has 3 heterocycles. The van der Waals surface area contributed by atoms with Crippen LogP contribution in [0.4, 0.5) is 0 Å². The number of carbonyl (C=O) groups excluding carboxylic acids is 2. The number of carbonyl (C=O) groups is 2. The number of benzene rings is 3. The van der Waals surface area contributed by atoms with Gasteiger partial charge < -0.3 is 28.1 Å². The Morgan fingerprint density at radius 2 is 1.77 bits per heavy atom. The summed E-state index contributed by atoms with van der Waals surface area (Å²) in [5.41, 5.74) is 2.98. The lowest BCUT2D eigenvalue weighted by Crippen LogP contribution is -2.21. The van der Waals surface area contributed by atoms with Crippen LogP contribution in [0.2, 0.25) is 0 Å². The molecule has 0 unspecified atom stereocenters. The molecule has 0 amide bonds. The number of methoxy groups -OCH3 is 2. The van der Waals surface area contributed by atoms with Crippen LogP contribution >= 0.6 is 0 Å². The van der Waals surface area contributed by atoms with Crippen molar-refractivity contribution in [3.8, 4) is 28.7 Å². The maximum atomic E-state index is 13.1. The highest BCUT2D eigenvalue weighted by Gasteiger charge is 2.38. The van der Waals surface area contributed by atoms with E-state index < -0.39 is 5.92 Å². The van der Waals surface area contributed by atoms with Gasteiger partial charge in [-0.05, 0) is 59.7 Å². The maximum Gasteiger partial charge on any atom is 0.312 e. The molecule has 202 valence electrons. The molecule has 4 aromatic rings. The van der Waals surface area contributed by atoms with Gasteiger partial charge in [0.2, 0.25) is 5.78 Å². The number of allylic oxidation sites excluding steroid dienone is 1. The van der Waals surface area contributed by atoms with Crippen LogP contribution in [0, 0.1) is 0 Å². The molecule has 0 fully saturated rings. The minimum atomic E-state index is -0.413. The van der Waals surface area contributed by atoms with Gasteiger partial charge in [0.1, 0.15) is 23.0 Å². The van der Waals surface area contributed by atoms with Crippen LogP contribution in [0.1, 0.15) is 45.1 Å². The monoisotopic (exact) mass is 538 g/mol. The van der Waals surface area contributed by atoms with E-state index >= 15 is 0 Å². The fourth-order valence-corrected chi connectivity index (χ4v) is 4.98. The van der Waals surface area contributed by atoms with Crippen LogP contribution in [0.15, 0.2) is 83.2 Å². The average Bonchev–Trinajstić information content (AvgIpc) is 3.60. The molecule has 0 spiro atoms. The number of esters is 1. The van der Waals surface area contributed by atoms with E-state index in [1.54, 1.807) is 44.6 Å². The lowest BCUT2D eigenvalue weighted by Gasteiger charge is -2.26. The van der Waals surface area contributed by atoms with E-state index in [1.807, 2.05) is 42.5 Å². The Bertz CT molecular complexity index is 1600. The van der Waals surface area contributed by atoms with Crippen molar-refractivity contribution < 1.29 is 37.7 Å². The summed E-state index contributed by atoms with van der Waals surface area (Å²) in [7, 11) is 3.21. The van der Waals surface area contributed by atoms with Crippen molar-refractivity contribution in [1.29, 1.82) is 0 Å². The number of furan rings is 1. The molecular formula is C32H26O8. The molecule has 40 heavy (non-hydrogen) atoms. The standard InChI is InChI=1S/C32H26O8/c1-35-21-8-5-19(6-9-21)13-15-38-25-11-7-20(16-27(25)36-2)24-18-29(33)39-26-12-10-23-31(34)28(40-32(23)30(24)26)17-22-4-3-14-37-22/h3-12,14,16-17,24H,13,15,18H2,1-2H3/b28-17-/t24-/m0/s1. The van der Waals surface area contributed by atoms with E-state index in [0.717, 1.165) is 16.9 Å². The number of Topliss-reactive ketones (excluding diaryl/α,β-unsaturated/α-hetero) is 1. The first-order valence-corrected chi connectivity index (χ1v) is 12.8. The summed E-state index contributed by atoms with van der Waals surface area (Å²) in [6.45, 7) is 0.453. The highest BCUT2D eigenvalue weighted by molar-refractivity contribution is 6.15. The second kappa shape index (κ2) is 10.6. The molecule has 0 bridgehead atoms. The first-order chi connectivity index (χ1) is 19.5. The Labute approximate surface area is 230 Å². The molecular weight excluding hydrogens is 512 g/mol. The zero-order valence-corrected chi connectivity index (χ0v) is 22.0. The van der Waals surface area contributed by atoms with E-state index in [-0.39, 0.29) is 23.9 Å². The first kappa shape index (κ1) is 25.3. The minimum absolute atomic E-state index is 0.0824. The second-order valence-corrected chi connectivity index (χ2v) is 9.40. The van der Waals surface area contributed by atoms with Crippen LogP contribution in [-0.4, -0.2) is 32.6 Å². The lowest BCUT2D eigenvalue weighted by molar-refractivity contribution is -0.135. The van der Waals surface area contributed by atoms with Crippen molar-refractivity contribution in [2.24, 2.45) is 0 Å². The molecule has 3 aromatic carbocycles. The number of ether oxygens (including phenoxy) is 5. The average molecular weight is 539 g/mol. The number of ketones is 1. The first-order valence-electron chi connectivity index (χ1n) is 12.8. The molecule has 2 aliphatic heterocycles. The molecule has 6 rings (SSSR count). The van der Waals surface area contributed by atoms with Crippen LogP contribution in [0.3, 0.4) is 0 Å². The molecule has 0 saturated heterocycles. The lowest BCUT2D eigenvalue weighted by atomic mass is 9.84. The number of fused-ring (bicyclic) bond motifs is 3. The van der Waals surface area contributed by atoms with Crippen molar-refractivity contribution in [3.05, 3.63) is 107 Å². The van der Waals surface area contributed by atoms with Gasteiger partial charge in [-0.1, -0.05) is 18.2 Å². The molecule has 0 saturated carbocycles. The summed E-state index contributed by atoms with van der Waals surface area (Å²) in [4.78, 5) is 25.7. The second-order valence-electron chi connectivity index (χ2n) is 9.40. The summed E-state index contributed by atoms with van der Waals surface area (Å²) < 4.78 is 33.9. The summed E-state index contributed by atoms with van der Waals surface area (Å²) in [5, 5.41) is 0. The van der Waals surface area contributed by atoms with Crippen molar-refractivity contribution in [1.82, 2.24) is 0 Å². The third-order valence-corrected chi connectivity index (χ3v) is 6.99. The van der Waals surface area contributed by atoms with E-state index in [2.05, 4.69) is 0 Å². The zero-order valence-electron chi connectivity index (χ0n) is 22.0. The van der Waals surface area contributed by atoms with Crippen LogP contribution in [0.25, 0.3) is 6.08 Å². The normalized spacial score (nSPS) is 16.6. The molecule has 1 atom stereocenters. The number of hydrogen-bond donors (Lipinski definition) is 0. The fraction of sp³-hybridized carbons (Fsp3) is 0.188. The van der Waals surface area contributed by atoms with E-state index in [0.29, 0.717) is 52.9 Å². The van der Waals surface area contributed by atoms with Gasteiger partial charge >= 0.3 is 5.97 Å². The van der Waals surface area contributed by atoms with Gasteiger partial charge in [-0.25, -0.2) is 0 Å². The fourth-order valence-electron chi connectivity index (χ4n) is 4.98. The Kier molecular flexibility index (Phi) is 6.74. The van der Waals surface area contributed by atoms with E-state index in [4.69, 9.17) is 28.1 Å². The van der Waals surface area contributed by atoms with Crippen molar-refractivity contribution >= 4 is 17.8 Å². The summed E-state index contributed by atoms with van der Waals surface area (Å²) in [6, 6.07) is 20.2. The van der Waals surface area contributed by atoms with Crippen molar-refractivity contribution in [3.63, 3.8) is 0 Å². The third-order valence-electron chi connectivity index (χ3n) is 6.99. The molecule has 2 aliphatic rings. The van der Waals surface area contributed by atoms with Gasteiger partial charge in [0, 0.05) is 24.0 Å². The van der Waals surface area contributed by atoms with Gasteiger partial charge in [-0.15, -0.1) is 0 Å². The third kappa shape index (κ3) is 4.80. The van der Waals surface area contributed by atoms with Gasteiger partial charge in [0.25, 0.3) is 0 Å². The van der Waals surface area contributed by atoms with Gasteiger partial charge in [0.05, 0.1) is 39.1 Å². The molecule has 0 aliphatic carbocycles. The molecule has 8 nitrogen and oxygen atoms in total. The molecule has 0 N–H and O–H groups in total. The minimum Gasteiger partial charge on any atom is -0.497 e. The van der Waals surface area contributed by atoms with Crippen molar-refractivity contribution in [2.45, 2.75) is 18.8 Å². The smallest absolute Gasteiger partial charge is 0.312 e. The Morgan fingerprint density at radius 3 is 2.52 bits per heavy atom. The van der Waals surface area contributed by atoms with Gasteiger partial charge in [-0.2, -0.15) is 0 Å². The van der Waals surface area contributed by atoms with E-state index in [1.165, 1.54) is 6.26 Å². The highest BCUT2D eigenvalue weighted by Crippen LogP contribution is 2.49. The maximum absolute atomic E-state index is 13.1. The molecule has 1 aromatic heterocycles. The summed E-state index contributed by atoms with van der Waals surface area (Å²) >= 11 is 0. The predicted octanol–water partition coefficient (Wildman–Crippen LogP) is 5.98. The predicted molar refractivity (Wildman–Crippen MR) is 145 cm³/mol. The van der Waals surface area contributed by atoms with Crippen LogP contribution in [-0.2, 0) is 11.2 Å². The van der Waals surface area contributed by atoms with Crippen LogP contribution in [0.5, 0.6) is 28.7 Å². The number of hydrogen-bond acceptors (Lipinski definition) is 8. The largest absolute Gasteiger partial charge is 0.497 e. The Balaban J connectivity index is 1.27.